The van der Waals surface area contributed by atoms with Crippen molar-refractivity contribution in [1.29, 1.82) is 0 Å². The van der Waals surface area contributed by atoms with E-state index in [1.54, 1.807) is 0 Å². The Balaban J connectivity index is 3.46. The van der Waals surface area contributed by atoms with E-state index in [4.69, 9.17) is 0 Å². The van der Waals surface area contributed by atoms with E-state index in [1.807, 2.05) is 0 Å². The maximum Gasteiger partial charge on any atom is 0.416 e. The molecule has 0 heterocycles. The lowest BCUT2D eigenvalue weighted by Gasteiger charge is -2.10. The molecular formula is C8H6F4O3S. The van der Waals surface area contributed by atoms with Crippen molar-refractivity contribution in [3.8, 4) is 5.75 Å². The fraction of sp³-hybridized carbons (Fsp3) is 0.250. The van der Waals surface area contributed by atoms with Crippen molar-refractivity contribution < 1.29 is 30.2 Å². The van der Waals surface area contributed by atoms with Crippen molar-refractivity contribution in [2.45, 2.75) is 11.1 Å². The Morgan fingerprint density at radius 1 is 1.25 bits per heavy atom. The molecule has 16 heavy (non-hydrogen) atoms. The molecule has 0 fully saturated rings. The lowest BCUT2D eigenvalue weighted by atomic mass is 10.2. The second-order valence-electron chi connectivity index (χ2n) is 2.80. The smallest absolute Gasteiger partial charge is 0.416 e. The topological polar surface area (TPSA) is 43.4 Å². The Hall–Kier alpha value is -1.31. The van der Waals surface area contributed by atoms with Gasteiger partial charge in [0.1, 0.15) is 10.6 Å². The predicted molar refractivity (Wildman–Crippen MR) is 46.3 cm³/mol. The van der Waals surface area contributed by atoms with Gasteiger partial charge in [-0.05, 0) is 18.2 Å². The zero-order valence-corrected chi connectivity index (χ0v) is 8.69. The van der Waals surface area contributed by atoms with Crippen molar-refractivity contribution in [2.24, 2.45) is 0 Å². The summed E-state index contributed by atoms with van der Waals surface area (Å²) in [4.78, 5) is -1.13. The molecule has 0 N–H and O–H groups in total. The molecule has 0 aromatic heterocycles. The highest BCUT2D eigenvalue weighted by molar-refractivity contribution is 7.86. The maximum absolute atomic E-state index is 12.7. The van der Waals surface area contributed by atoms with E-state index in [9.17, 15) is 25.5 Å². The zero-order valence-electron chi connectivity index (χ0n) is 7.88. The van der Waals surface area contributed by atoms with E-state index < -0.39 is 32.6 Å². The van der Waals surface area contributed by atoms with Crippen LogP contribution in [-0.2, 0) is 16.4 Å². The van der Waals surface area contributed by atoms with Crippen LogP contribution in [0.4, 0.5) is 17.1 Å². The van der Waals surface area contributed by atoms with Crippen LogP contribution in [0, 0.1) is 0 Å². The van der Waals surface area contributed by atoms with Crippen LogP contribution in [0.15, 0.2) is 23.1 Å². The lowest BCUT2D eigenvalue weighted by molar-refractivity contribution is -0.137. The monoisotopic (exact) mass is 258 g/mol. The fourth-order valence-electron chi connectivity index (χ4n) is 1.04. The van der Waals surface area contributed by atoms with Gasteiger partial charge in [0.05, 0.1) is 12.7 Å². The average Bonchev–Trinajstić information content (AvgIpc) is 2.14. The minimum atomic E-state index is -5.25. The van der Waals surface area contributed by atoms with E-state index in [0.717, 1.165) is 13.2 Å². The van der Waals surface area contributed by atoms with Gasteiger partial charge in [0.2, 0.25) is 0 Å². The number of benzene rings is 1. The predicted octanol–water partition coefficient (Wildman–Crippen LogP) is 2.37. The first-order valence-electron chi connectivity index (χ1n) is 3.86. The number of hydrogen-bond acceptors (Lipinski definition) is 3. The van der Waals surface area contributed by atoms with Crippen LogP contribution < -0.4 is 4.74 Å². The molecular weight excluding hydrogens is 252 g/mol. The van der Waals surface area contributed by atoms with Crippen molar-refractivity contribution in [2.75, 3.05) is 7.11 Å². The molecule has 0 aliphatic rings. The second kappa shape index (κ2) is 3.93. The van der Waals surface area contributed by atoms with Gasteiger partial charge in [-0.1, -0.05) is 0 Å². The fourth-order valence-corrected chi connectivity index (χ4v) is 1.70. The van der Waals surface area contributed by atoms with Crippen LogP contribution >= 0.6 is 0 Å². The second-order valence-corrected chi connectivity index (χ2v) is 4.12. The van der Waals surface area contributed by atoms with Crippen molar-refractivity contribution in [1.82, 2.24) is 0 Å². The molecule has 1 rings (SSSR count). The van der Waals surface area contributed by atoms with Gasteiger partial charge in [-0.25, -0.2) is 0 Å². The molecule has 0 saturated carbocycles. The molecule has 1 aromatic carbocycles. The zero-order chi connectivity index (χ0) is 12.6. The lowest BCUT2D eigenvalue weighted by Crippen LogP contribution is -2.07. The molecule has 1 aromatic rings. The van der Waals surface area contributed by atoms with Crippen LogP contribution in [0.25, 0.3) is 0 Å². The first-order valence-corrected chi connectivity index (χ1v) is 5.24. The van der Waals surface area contributed by atoms with Crippen molar-refractivity contribution >= 4 is 10.2 Å². The van der Waals surface area contributed by atoms with Gasteiger partial charge in [-0.3, -0.25) is 0 Å². The molecule has 8 heteroatoms. The van der Waals surface area contributed by atoms with Crippen LogP contribution in [-0.4, -0.2) is 15.5 Å². The molecule has 0 spiro atoms. The largest absolute Gasteiger partial charge is 0.495 e. The van der Waals surface area contributed by atoms with Crippen molar-refractivity contribution in [3.05, 3.63) is 23.8 Å². The summed E-state index contributed by atoms with van der Waals surface area (Å²) in [6.45, 7) is 0. The highest BCUT2D eigenvalue weighted by atomic mass is 32.3. The summed E-state index contributed by atoms with van der Waals surface area (Å²) >= 11 is 0. The molecule has 0 amide bonds. The Bertz CT molecular complexity index is 492. The summed E-state index contributed by atoms with van der Waals surface area (Å²) in [6.07, 6.45) is -4.74. The van der Waals surface area contributed by atoms with Gasteiger partial charge in [-0.2, -0.15) is 21.6 Å². The maximum atomic E-state index is 12.7. The third kappa shape index (κ3) is 2.63. The van der Waals surface area contributed by atoms with Crippen LogP contribution in [0.3, 0.4) is 0 Å². The molecule has 90 valence electrons. The summed E-state index contributed by atoms with van der Waals surface area (Å²) in [5, 5.41) is 0. The van der Waals surface area contributed by atoms with Gasteiger partial charge >= 0.3 is 16.4 Å². The van der Waals surface area contributed by atoms with E-state index in [1.165, 1.54) is 0 Å². The first kappa shape index (κ1) is 12.8. The minimum absolute atomic E-state index is 0.189. The summed E-state index contributed by atoms with van der Waals surface area (Å²) in [5.41, 5.74) is -1.26. The molecule has 0 aliphatic carbocycles. The summed E-state index contributed by atoms with van der Waals surface area (Å²) < 4.78 is 75.0. The molecule has 0 aliphatic heterocycles. The molecule has 0 radical (unpaired) electrons. The Labute approximate surface area is 88.9 Å². The SMILES string of the molecule is COc1ccc(C(F)(F)F)cc1S(=O)(=O)F. The van der Waals surface area contributed by atoms with Crippen LogP contribution in [0.2, 0.25) is 0 Å². The van der Waals surface area contributed by atoms with Crippen molar-refractivity contribution in [3.63, 3.8) is 0 Å². The number of methoxy groups -OCH3 is 1. The summed E-state index contributed by atoms with van der Waals surface area (Å²) in [7, 11) is -4.23. The quantitative estimate of drug-likeness (QED) is 0.604. The first-order chi connectivity index (χ1) is 7.16. The van der Waals surface area contributed by atoms with Gasteiger partial charge in [0.25, 0.3) is 0 Å². The molecule has 0 atom stereocenters. The normalized spacial score (nSPS) is 12.6. The van der Waals surface area contributed by atoms with Crippen LogP contribution in [0.1, 0.15) is 5.56 Å². The number of hydrogen-bond donors (Lipinski definition) is 0. The van der Waals surface area contributed by atoms with Gasteiger partial charge in [0.15, 0.2) is 0 Å². The Morgan fingerprint density at radius 2 is 1.81 bits per heavy atom. The highest BCUT2D eigenvalue weighted by Gasteiger charge is 2.33. The van der Waals surface area contributed by atoms with E-state index in [0.29, 0.717) is 6.07 Å². The van der Waals surface area contributed by atoms with Crippen LogP contribution in [0.5, 0.6) is 5.75 Å². The standard InChI is InChI=1S/C8H6F4O3S/c1-15-6-3-2-5(8(9,10)11)4-7(6)16(12,13)14/h2-4H,1H3. The number of alkyl halides is 3. The highest BCUT2D eigenvalue weighted by Crippen LogP contribution is 2.34. The molecule has 0 saturated heterocycles. The summed E-state index contributed by atoms with van der Waals surface area (Å²) in [6, 6.07) is 1.54. The molecule has 0 unspecified atom stereocenters. The third-order valence-electron chi connectivity index (χ3n) is 1.75. The number of rotatable bonds is 2. The number of halogens is 4. The summed E-state index contributed by atoms with van der Waals surface area (Å²) in [5.74, 6) is -0.476. The Kier molecular flexibility index (Phi) is 3.13. The third-order valence-corrected chi connectivity index (χ3v) is 2.60. The van der Waals surface area contributed by atoms with E-state index in [-0.39, 0.29) is 6.07 Å². The van der Waals surface area contributed by atoms with E-state index >= 15 is 0 Å². The average molecular weight is 258 g/mol. The van der Waals surface area contributed by atoms with Gasteiger partial charge < -0.3 is 4.74 Å². The van der Waals surface area contributed by atoms with Gasteiger partial charge in [0, 0.05) is 0 Å². The Morgan fingerprint density at radius 3 is 2.19 bits per heavy atom. The molecule has 3 nitrogen and oxygen atoms in total. The van der Waals surface area contributed by atoms with Gasteiger partial charge in [-0.15, -0.1) is 3.89 Å². The minimum Gasteiger partial charge on any atom is -0.495 e. The number of ether oxygens (including phenoxy) is 1. The molecule has 0 bridgehead atoms. The van der Waals surface area contributed by atoms with E-state index in [2.05, 4.69) is 4.74 Å².